The highest BCUT2D eigenvalue weighted by molar-refractivity contribution is 6.25. The largest absolute Gasteiger partial charge is 0.368 e. The van der Waals surface area contributed by atoms with Crippen molar-refractivity contribution in [3.8, 4) is 0 Å². The summed E-state index contributed by atoms with van der Waals surface area (Å²) >= 11 is 0. The maximum Gasteiger partial charge on any atom is 0.264 e. The van der Waals surface area contributed by atoms with Gasteiger partial charge in [-0.3, -0.25) is 38.9 Å². The summed E-state index contributed by atoms with van der Waals surface area (Å²) in [5.74, 6) is -2.30. The van der Waals surface area contributed by atoms with Crippen LogP contribution in [0.25, 0.3) is 0 Å². The summed E-state index contributed by atoms with van der Waals surface area (Å²) in [7, 11) is 3.32. The summed E-state index contributed by atoms with van der Waals surface area (Å²) in [6, 6.07) is 3.92. The van der Waals surface area contributed by atoms with E-state index in [4.69, 9.17) is 0 Å². The molecule has 172 valence electrons. The Morgan fingerprint density at radius 1 is 1.24 bits per heavy atom. The third-order valence-electron chi connectivity index (χ3n) is 5.69. The van der Waals surface area contributed by atoms with Gasteiger partial charge in [-0.25, -0.2) is 0 Å². The third-order valence-corrected chi connectivity index (χ3v) is 5.69. The summed E-state index contributed by atoms with van der Waals surface area (Å²) in [6.07, 6.45) is 2.14. The fourth-order valence-electron chi connectivity index (χ4n) is 4.00. The summed E-state index contributed by atoms with van der Waals surface area (Å²) in [5.41, 5.74) is 1.55. The Morgan fingerprint density at radius 3 is 2.76 bits per heavy atom. The van der Waals surface area contributed by atoms with Crippen LogP contribution in [0.5, 0.6) is 0 Å². The molecule has 1 aromatic carbocycles. The third kappa shape index (κ3) is 4.19. The molecule has 33 heavy (non-hydrogen) atoms. The van der Waals surface area contributed by atoms with Crippen LogP contribution in [0.15, 0.2) is 24.4 Å². The number of hydrogen-bond donors (Lipinski definition) is 2. The summed E-state index contributed by atoms with van der Waals surface area (Å²) in [6.45, 7) is 0.682. The first-order valence-corrected chi connectivity index (χ1v) is 10.5. The lowest BCUT2D eigenvalue weighted by Crippen LogP contribution is -2.54. The molecule has 0 radical (unpaired) electrons. The SMILES string of the molecule is CNC(=O)CCn1cc(CN(C)c2cccc3c2C(=O)N(C2CCC(=O)NC2=O)C3=O)nn1. The predicted octanol–water partition coefficient (Wildman–Crippen LogP) is -0.548. The minimum atomic E-state index is -1.02. The molecule has 0 aliphatic carbocycles. The van der Waals surface area contributed by atoms with Gasteiger partial charge in [-0.1, -0.05) is 11.3 Å². The number of aryl methyl sites for hydroxylation is 1. The second-order valence-corrected chi connectivity index (χ2v) is 7.90. The number of anilines is 1. The van der Waals surface area contributed by atoms with E-state index in [2.05, 4.69) is 20.9 Å². The minimum Gasteiger partial charge on any atom is -0.368 e. The average molecular weight is 453 g/mol. The first-order chi connectivity index (χ1) is 15.8. The average Bonchev–Trinajstić information content (AvgIpc) is 3.34. The summed E-state index contributed by atoms with van der Waals surface area (Å²) in [5, 5.41) is 12.9. The van der Waals surface area contributed by atoms with Crippen molar-refractivity contribution < 1.29 is 24.0 Å². The van der Waals surface area contributed by atoms with Gasteiger partial charge >= 0.3 is 0 Å². The van der Waals surface area contributed by atoms with Crippen LogP contribution >= 0.6 is 0 Å². The molecule has 1 fully saturated rings. The number of piperidine rings is 1. The number of carbonyl (C=O) groups excluding carboxylic acids is 5. The molecule has 4 rings (SSSR count). The topological polar surface area (TPSA) is 147 Å². The Labute approximate surface area is 188 Å². The van der Waals surface area contributed by atoms with Gasteiger partial charge in [0, 0.05) is 26.9 Å². The molecule has 1 aromatic heterocycles. The highest BCUT2D eigenvalue weighted by Gasteiger charge is 2.45. The molecule has 3 heterocycles. The van der Waals surface area contributed by atoms with E-state index < -0.39 is 29.7 Å². The Morgan fingerprint density at radius 2 is 2.03 bits per heavy atom. The number of benzene rings is 1. The number of nitrogens with one attached hydrogen (secondary N) is 2. The molecule has 2 aliphatic rings. The van der Waals surface area contributed by atoms with E-state index in [1.807, 2.05) is 0 Å². The van der Waals surface area contributed by atoms with Gasteiger partial charge < -0.3 is 10.2 Å². The number of fused-ring (bicyclic) bond motifs is 1. The normalized spacial score (nSPS) is 17.8. The first kappa shape index (κ1) is 22.1. The Bertz CT molecular complexity index is 1160. The zero-order chi connectivity index (χ0) is 23.7. The Kier molecular flexibility index (Phi) is 5.90. The lowest BCUT2D eigenvalue weighted by Gasteiger charge is -2.28. The van der Waals surface area contributed by atoms with Gasteiger partial charge in [0.25, 0.3) is 11.8 Å². The first-order valence-electron chi connectivity index (χ1n) is 10.5. The van der Waals surface area contributed by atoms with Crippen molar-refractivity contribution in [1.29, 1.82) is 0 Å². The van der Waals surface area contributed by atoms with Crippen LogP contribution < -0.4 is 15.5 Å². The molecule has 0 saturated carbocycles. The Balaban J connectivity index is 1.53. The molecule has 2 aliphatic heterocycles. The highest BCUT2D eigenvalue weighted by atomic mass is 16.2. The number of nitrogens with zero attached hydrogens (tertiary/aromatic N) is 5. The van der Waals surface area contributed by atoms with Crippen LogP contribution in [0, 0.1) is 0 Å². The molecule has 0 spiro atoms. The number of rotatable bonds is 7. The standard InChI is InChI=1S/C21H23N7O5/c1-22-16(29)8-9-27-11-12(24-25-27)10-26(2)14-5-3-4-13-18(14)21(33)28(20(13)32)15-6-7-17(30)23-19(15)31/h3-5,11,15H,6-10H2,1-2H3,(H,22,29)(H,23,30,31). The summed E-state index contributed by atoms with van der Waals surface area (Å²) in [4.78, 5) is 64.1. The second kappa shape index (κ2) is 8.81. The number of imide groups is 2. The Hall–Kier alpha value is -4.09. The number of carbonyl (C=O) groups is 5. The number of amides is 5. The lowest BCUT2D eigenvalue weighted by atomic mass is 10.0. The van der Waals surface area contributed by atoms with E-state index in [0.29, 0.717) is 24.5 Å². The van der Waals surface area contributed by atoms with Crippen molar-refractivity contribution in [3.63, 3.8) is 0 Å². The monoisotopic (exact) mass is 453 g/mol. The molecular weight excluding hydrogens is 430 g/mol. The van der Waals surface area contributed by atoms with E-state index in [1.54, 1.807) is 48.1 Å². The van der Waals surface area contributed by atoms with Crippen LogP contribution in [-0.4, -0.2) is 69.6 Å². The minimum absolute atomic E-state index is 0.0617. The molecule has 1 unspecified atom stereocenters. The maximum atomic E-state index is 13.2. The predicted molar refractivity (Wildman–Crippen MR) is 114 cm³/mol. The molecule has 5 amide bonds. The zero-order valence-corrected chi connectivity index (χ0v) is 18.2. The molecule has 2 N–H and O–H groups in total. The highest BCUT2D eigenvalue weighted by Crippen LogP contribution is 2.34. The number of hydrogen-bond acceptors (Lipinski definition) is 8. The van der Waals surface area contributed by atoms with Crippen LogP contribution in [0.1, 0.15) is 45.7 Å². The van der Waals surface area contributed by atoms with Crippen molar-refractivity contribution in [1.82, 2.24) is 30.5 Å². The maximum absolute atomic E-state index is 13.2. The summed E-state index contributed by atoms with van der Waals surface area (Å²) < 4.78 is 1.56. The second-order valence-electron chi connectivity index (χ2n) is 7.90. The van der Waals surface area contributed by atoms with Gasteiger partial charge in [-0.2, -0.15) is 0 Å². The van der Waals surface area contributed by atoms with Crippen molar-refractivity contribution in [2.45, 2.75) is 38.4 Å². The van der Waals surface area contributed by atoms with Crippen LogP contribution in [0.3, 0.4) is 0 Å². The fraction of sp³-hybridized carbons (Fsp3) is 0.381. The van der Waals surface area contributed by atoms with Gasteiger partial charge in [0.1, 0.15) is 11.7 Å². The molecule has 0 bridgehead atoms. The van der Waals surface area contributed by atoms with E-state index in [1.165, 1.54) is 0 Å². The van der Waals surface area contributed by atoms with Crippen molar-refractivity contribution in [2.75, 3.05) is 19.0 Å². The lowest BCUT2D eigenvalue weighted by molar-refractivity contribution is -0.136. The van der Waals surface area contributed by atoms with Crippen LogP contribution in [0.4, 0.5) is 5.69 Å². The number of aromatic nitrogens is 3. The van der Waals surface area contributed by atoms with Gasteiger partial charge in [0.05, 0.1) is 36.1 Å². The quantitative estimate of drug-likeness (QED) is 0.531. The fourth-order valence-corrected chi connectivity index (χ4v) is 4.00. The molecule has 1 atom stereocenters. The van der Waals surface area contributed by atoms with E-state index in [-0.39, 0.29) is 36.3 Å². The van der Waals surface area contributed by atoms with E-state index in [0.717, 1.165) is 4.90 Å². The van der Waals surface area contributed by atoms with Crippen LogP contribution in [-0.2, 0) is 27.5 Å². The van der Waals surface area contributed by atoms with E-state index >= 15 is 0 Å². The van der Waals surface area contributed by atoms with Crippen molar-refractivity contribution in [2.24, 2.45) is 0 Å². The molecule has 12 heteroatoms. The molecular formula is C21H23N7O5. The molecule has 1 saturated heterocycles. The van der Waals surface area contributed by atoms with E-state index in [9.17, 15) is 24.0 Å². The van der Waals surface area contributed by atoms with Gasteiger partial charge in [0.15, 0.2) is 0 Å². The van der Waals surface area contributed by atoms with Crippen molar-refractivity contribution >= 4 is 35.2 Å². The smallest absolute Gasteiger partial charge is 0.264 e. The zero-order valence-electron chi connectivity index (χ0n) is 18.2. The van der Waals surface area contributed by atoms with Gasteiger partial charge in [-0.05, 0) is 18.6 Å². The van der Waals surface area contributed by atoms with Gasteiger partial charge in [0.2, 0.25) is 17.7 Å². The molecule has 2 aromatic rings. The van der Waals surface area contributed by atoms with Crippen LogP contribution in [0.2, 0.25) is 0 Å². The molecule has 12 nitrogen and oxygen atoms in total. The van der Waals surface area contributed by atoms with Crippen molar-refractivity contribution in [3.05, 3.63) is 41.2 Å². The van der Waals surface area contributed by atoms with Gasteiger partial charge in [-0.15, -0.1) is 5.10 Å².